The molecule has 4 heteroatoms. The summed E-state index contributed by atoms with van der Waals surface area (Å²) in [6.45, 7) is 1.77. The van der Waals surface area contributed by atoms with E-state index in [1.165, 1.54) is 24.3 Å². The summed E-state index contributed by atoms with van der Waals surface area (Å²) in [5.41, 5.74) is 6.48. The maximum atomic E-state index is 13.5. The summed E-state index contributed by atoms with van der Waals surface area (Å²) in [6.07, 6.45) is 0. The first-order chi connectivity index (χ1) is 8.04. The molecule has 2 nitrogen and oxygen atoms in total. The van der Waals surface area contributed by atoms with Gasteiger partial charge in [-0.05, 0) is 30.7 Å². The van der Waals surface area contributed by atoms with Crippen LogP contribution in [0.1, 0.15) is 5.56 Å². The van der Waals surface area contributed by atoms with Gasteiger partial charge in [-0.2, -0.15) is 0 Å². The number of rotatable bonds is 2. The highest BCUT2D eigenvalue weighted by atomic mass is 19.1. The van der Waals surface area contributed by atoms with Crippen LogP contribution in [0.2, 0.25) is 0 Å². The molecule has 0 aliphatic rings. The zero-order chi connectivity index (χ0) is 12.4. The standard InChI is InChI=1S/C13H11F2NO/c1-8-2-3-13(12(15)4-8)17-11-6-9(14)5-10(16)7-11/h2-7H,16H2,1H3. The molecule has 0 saturated carbocycles. The summed E-state index contributed by atoms with van der Waals surface area (Å²) >= 11 is 0. The number of ether oxygens (including phenoxy) is 1. The average Bonchev–Trinajstić information content (AvgIpc) is 2.21. The zero-order valence-electron chi connectivity index (χ0n) is 9.21. The van der Waals surface area contributed by atoms with Gasteiger partial charge in [0, 0.05) is 17.8 Å². The molecule has 0 fully saturated rings. The number of benzene rings is 2. The molecule has 2 rings (SSSR count). The van der Waals surface area contributed by atoms with Crippen LogP contribution in [0.25, 0.3) is 0 Å². The minimum Gasteiger partial charge on any atom is -0.454 e. The van der Waals surface area contributed by atoms with Gasteiger partial charge >= 0.3 is 0 Å². The van der Waals surface area contributed by atoms with Crippen LogP contribution in [0.15, 0.2) is 36.4 Å². The number of aryl methyl sites for hydroxylation is 1. The molecule has 0 amide bonds. The van der Waals surface area contributed by atoms with E-state index >= 15 is 0 Å². The summed E-state index contributed by atoms with van der Waals surface area (Å²) < 4.78 is 31.8. The van der Waals surface area contributed by atoms with Crippen LogP contribution in [0.4, 0.5) is 14.5 Å². The van der Waals surface area contributed by atoms with E-state index in [0.717, 1.165) is 11.6 Å². The average molecular weight is 235 g/mol. The molecule has 17 heavy (non-hydrogen) atoms. The molecule has 0 bridgehead atoms. The first kappa shape index (κ1) is 11.4. The molecule has 2 aromatic rings. The smallest absolute Gasteiger partial charge is 0.165 e. The van der Waals surface area contributed by atoms with Crippen molar-refractivity contribution < 1.29 is 13.5 Å². The monoisotopic (exact) mass is 235 g/mol. The first-order valence-electron chi connectivity index (χ1n) is 5.04. The second-order valence-electron chi connectivity index (χ2n) is 3.76. The fraction of sp³-hybridized carbons (Fsp3) is 0.0769. The van der Waals surface area contributed by atoms with Gasteiger partial charge in [-0.25, -0.2) is 8.78 Å². The lowest BCUT2D eigenvalue weighted by Crippen LogP contribution is -1.92. The van der Waals surface area contributed by atoms with Gasteiger partial charge in [-0.1, -0.05) is 6.07 Å². The van der Waals surface area contributed by atoms with Gasteiger partial charge in [-0.3, -0.25) is 0 Å². The van der Waals surface area contributed by atoms with Gasteiger partial charge in [-0.15, -0.1) is 0 Å². The second-order valence-corrected chi connectivity index (χ2v) is 3.76. The van der Waals surface area contributed by atoms with Gasteiger partial charge in [0.1, 0.15) is 11.6 Å². The van der Waals surface area contributed by atoms with Crippen molar-refractivity contribution in [1.82, 2.24) is 0 Å². The third kappa shape index (κ3) is 2.72. The minimum absolute atomic E-state index is 0.0422. The van der Waals surface area contributed by atoms with Crippen LogP contribution in [-0.2, 0) is 0 Å². The van der Waals surface area contributed by atoms with Crippen molar-refractivity contribution in [3.8, 4) is 11.5 Å². The molecule has 0 aromatic heterocycles. The lowest BCUT2D eigenvalue weighted by molar-refractivity contribution is 0.439. The topological polar surface area (TPSA) is 35.2 Å². The highest BCUT2D eigenvalue weighted by Crippen LogP contribution is 2.27. The molecular formula is C13H11F2NO. The van der Waals surface area contributed by atoms with E-state index in [9.17, 15) is 8.78 Å². The van der Waals surface area contributed by atoms with Crippen molar-refractivity contribution in [2.24, 2.45) is 0 Å². The molecule has 0 aliphatic heterocycles. The number of anilines is 1. The maximum absolute atomic E-state index is 13.5. The molecule has 0 atom stereocenters. The SMILES string of the molecule is Cc1ccc(Oc2cc(N)cc(F)c2)c(F)c1. The van der Waals surface area contributed by atoms with Crippen LogP contribution in [0.5, 0.6) is 11.5 Å². The van der Waals surface area contributed by atoms with Crippen LogP contribution >= 0.6 is 0 Å². The van der Waals surface area contributed by atoms with E-state index in [4.69, 9.17) is 10.5 Å². The third-order valence-corrected chi connectivity index (χ3v) is 2.21. The quantitative estimate of drug-likeness (QED) is 0.806. The molecule has 2 aromatic carbocycles. The number of nitrogens with two attached hydrogens (primary N) is 1. The molecule has 2 N–H and O–H groups in total. The molecule has 0 unspecified atom stereocenters. The molecule has 0 spiro atoms. The van der Waals surface area contributed by atoms with Gasteiger partial charge in [0.15, 0.2) is 11.6 Å². The fourth-order valence-corrected chi connectivity index (χ4v) is 1.46. The summed E-state index contributed by atoms with van der Waals surface area (Å²) in [6, 6.07) is 8.29. The van der Waals surface area contributed by atoms with Crippen LogP contribution < -0.4 is 10.5 Å². The Morgan fingerprint density at radius 1 is 1.06 bits per heavy atom. The van der Waals surface area contributed by atoms with E-state index in [-0.39, 0.29) is 17.2 Å². The third-order valence-electron chi connectivity index (χ3n) is 2.21. The molecule has 0 saturated heterocycles. The maximum Gasteiger partial charge on any atom is 0.165 e. The van der Waals surface area contributed by atoms with Gasteiger partial charge in [0.25, 0.3) is 0 Å². The Balaban J connectivity index is 2.31. The normalized spacial score (nSPS) is 10.3. The fourth-order valence-electron chi connectivity index (χ4n) is 1.46. The summed E-state index contributed by atoms with van der Waals surface area (Å²) in [4.78, 5) is 0. The number of nitrogen functional groups attached to an aromatic ring is 1. The predicted octanol–water partition coefficient (Wildman–Crippen LogP) is 3.65. The molecule has 88 valence electrons. The van der Waals surface area contributed by atoms with Gasteiger partial charge in [0.2, 0.25) is 0 Å². The number of halogens is 2. The second kappa shape index (κ2) is 4.41. The van der Waals surface area contributed by atoms with Gasteiger partial charge in [0.05, 0.1) is 0 Å². The van der Waals surface area contributed by atoms with Crippen molar-refractivity contribution >= 4 is 5.69 Å². The number of hydrogen-bond donors (Lipinski definition) is 1. The van der Waals surface area contributed by atoms with Crippen molar-refractivity contribution in [1.29, 1.82) is 0 Å². The zero-order valence-corrected chi connectivity index (χ0v) is 9.21. The highest BCUT2D eigenvalue weighted by molar-refractivity contribution is 5.46. The van der Waals surface area contributed by atoms with Crippen LogP contribution in [-0.4, -0.2) is 0 Å². The first-order valence-corrected chi connectivity index (χ1v) is 5.04. The van der Waals surface area contributed by atoms with E-state index < -0.39 is 11.6 Å². The Labute approximate surface area is 97.6 Å². The molecule has 0 radical (unpaired) electrons. The van der Waals surface area contributed by atoms with E-state index in [1.54, 1.807) is 13.0 Å². The summed E-state index contributed by atoms with van der Waals surface area (Å²) in [7, 11) is 0. The Morgan fingerprint density at radius 2 is 1.82 bits per heavy atom. The van der Waals surface area contributed by atoms with E-state index in [2.05, 4.69) is 0 Å². The largest absolute Gasteiger partial charge is 0.454 e. The molecule has 0 aliphatic carbocycles. The van der Waals surface area contributed by atoms with E-state index in [1.807, 2.05) is 0 Å². The van der Waals surface area contributed by atoms with Crippen LogP contribution in [0, 0.1) is 18.6 Å². The van der Waals surface area contributed by atoms with Crippen molar-refractivity contribution in [2.75, 3.05) is 5.73 Å². The predicted molar refractivity (Wildman–Crippen MR) is 62.0 cm³/mol. The van der Waals surface area contributed by atoms with Crippen LogP contribution in [0.3, 0.4) is 0 Å². The molecule has 0 heterocycles. The lowest BCUT2D eigenvalue weighted by Gasteiger charge is -2.08. The summed E-state index contributed by atoms with van der Waals surface area (Å²) in [5.74, 6) is -0.800. The lowest BCUT2D eigenvalue weighted by atomic mass is 10.2. The van der Waals surface area contributed by atoms with Crippen molar-refractivity contribution in [2.45, 2.75) is 6.92 Å². The van der Waals surface area contributed by atoms with Crippen molar-refractivity contribution in [3.05, 3.63) is 53.6 Å². The van der Waals surface area contributed by atoms with Gasteiger partial charge < -0.3 is 10.5 Å². The Hall–Kier alpha value is -2.10. The Kier molecular flexibility index (Phi) is 2.95. The highest BCUT2D eigenvalue weighted by Gasteiger charge is 2.06. The summed E-state index contributed by atoms with van der Waals surface area (Å²) in [5, 5.41) is 0. The number of hydrogen-bond acceptors (Lipinski definition) is 2. The Morgan fingerprint density at radius 3 is 2.47 bits per heavy atom. The van der Waals surface area contributed by atoms with Crippen molar-refractivity contribution in [3.63, 3.8) is 0 Å². The minimum atomic E-state index is -0.521. The Bertz CT molecular complexity index is 535. The van der Waals surface area contributed by atoms with E-state index in [0.29, 0.717) is 0 Å². The molecular weight excluding hydrogens is 224 g/mol.